The quantitative estimate of drug-likeness (QED) is 0.858. The lowest BCUT2D eigenvalue weighted by Crippen LogP contribution is -2.55. The van der Waals surface area contributed by atoms with Gasteiger partial charge in [0.05, 0.1) is 17.8 Å². The summed E-state index contributed by atoms with van der Waals surface area (Å²) in [7, 11) is 0. The van der Waals surface area contributed by atoms with Gasteiger partial charge in [0.25, 0.3) is 0 Å². The fourth-order valence-electron chi connectivity index (χ4n) is 4.00. The van der Waals surface area contributed by atoms with E-state index in [1.165, 1.54) is 12.8 Å². The SMILES string of the molecule is CC1CN(C2CCC(C#N)(NC3CC3)C2)CC(C)(C)O1. The highest BCUT2D eigenvalue weighted by atomic mass is 16.5. The van der Waals surface area contributed by atoms with Gasteiger partial charge in [0.15, 0.2) is 0 Å². The van der Waals surface area contributed by atoms with Crippen molar-refractivity contribution in [3.05, 3.63) is 0 Å². The molecule has 1 aliphatic heterocycles. The van der Waals surface area contributed by atoms with Gasteiger partial charge in [0, 0.05) is 25.2 Å². The van der Waals surface area contributed by atoms with Gasteiger partial charge in [-0.05, 0) is 52.9 Å². The molecule has 3 rings (SSSR count). The molecule has 0 bridgehead atoms. The Morgan fingerprint density at radius 3 is 2.65 bits per heavy atom. The Balaban J connectivity index is 1.65. The maximum absolute atomic E-state index is 9.61. The van der Waals surface area contributed by atoms with Crippen molar-refractivity contribution in [2.45, 2.75) is 82.2 Å². The van der Waals surface area contributed by atoms with Crippen LogP contribution in [-0.4, -0.2) is 47.3 Å². The minimum Gasteiger partial charge on any atom is -0.370 e. The van der Waals surface area contributed by atoms with Crippen LogP contribution in [-0.2, 0) is 4.74 Å². The Hall–Kier alpha value is -0.630. The van der Waals surface area contributed by atoms with Crippen molar-refractivity contribution < 1.29 is 4.74 Å². The molecule has 3 unspecified atom stereocenters. The van der Waals surface area contributed by atoms with Gasteiger partial charge in [0.1, 0.15) is 5.54 Å². The third kappa shape index (κ3) is 3.00. The maximum Gasteiger partial charge on any atom is 0.108 e. The van der Waals surface area contributed by atoms with Crippen LogP contribution in [0.25, 0.3) is 0 Å². The summed E-state index contributed by atoms with van der Waals surface area (Å²) in [6.45, 7) is 8.48. The van der Waals surface area contributed by atoms with Gasteiger partial charge >= 0.3 is 0 Å². The average molecular weight is 277 g/mol. The number of hydrogen-bond acceptors (Lipinski definition) is 4. The van der Waals surface area contributed by atoms with E-state index < -0.39 is 0 Å². The zero-order chi connectivity index (χ0) is 14.4. The molecule has 0 aromatic heterocycles. The molecule has 2 saturated carbocycles. The molecule has 0 spiro atoms. The first-order chi connectivity index (χ1) is 9.41. The number of rotatable bonds is 3. The van der Waals surface area contributed by atoms with Crippen molar-refractivity contribution in [1.29, 1.82) is 5.26 Å². The molecule has 4 heteroatoms. The predicted octanol–water partition coefficient (Wildman–Crippen LogP) is 2.05. The Labute approximate surface area is 122 Å². The monoisotopic (exact) mass is 277 g/mol. The van der Waals surface area contributed by atoms with Crippen LogP contribution in [0, 0.1) is 11.3 Å². The lowest BCUT2D eigenvalue weighted by atomic mass is 9.98. The highest BCUT2D eigenvalue weighted by Gasteiger charge is 2.46. The first-order valence-electron chi connectivity index (χ1n) is 8.02. The van der Waals surface area contributed by atoms with Crippen molar-refractivity contribution in [2.24, 2.45) is 0 Å². The average Bonchev–Trinajstić information content (AvgIpc) is 3.04. The van der Waals surface area contributed by atoms with Gasteiger partial charge < -0.3 is 4.74 Å². The second kappa shape index (κ2) is 4.98. The summed E-state index contributed by atoms with van der Waals surface area (Å²) in [5.74, 6) is 0. The number of hydrogen-bond donors (Lipinski definition) is 1. The second-order valence-electron chi connectivity index (χ2n) is 7.63. The normalized spacial score (nSPS) is 41.5. The molecule has 20 heavy (non-hydrogen) atoms. The first kappa shape index (κ1) is 14.3. The van der Waals surface area contributed by atoms with Crippen LogP contribution >= 0.6 is 0 Å². The molecule has 2 aliphatic carbocycles. The Morgan fingerprint density at radius 2 is 2.05 bits per heavy atom. The highest BCUT2D eigenvalue weighted by molar-refractivity contribution is 5.15. The van der Waals surface area contributed by atoms with Crippen LogP contribution in [0.15, 0.2) is 0 Å². The molecule has 0 radical (unpaired) electrons. The van der Waals surface area contributed by atoms with E-state index in [-0.39, 0.29) is 17.2 Å². The minimum absolute atomic E-state index is 0.0700. The van der Waals surface area contributed by atoms with E-state index in [1.54, 1.807) is 0 Å². The molecule has 1 saturated heterocycles. The van der Waals surface area contributed by atoms with E-state index in [2.05, 4.69) is 37.1 Å². The fourth-order valence-corrected chi connectivity index (χ4v) is 4.00. The van der Waals surface area contributed by atoms with Crippen LogP contribution in [0.3, 0.4) is 0 Å². The van der Waals surface area contributed by atoms with Gasteiger partial charge in [-0.2, -0.15) is 5.26 Å². The summed E-state index contributed by atoms with van der Waals surface area (Å²) in [4.78, 5) is 2.56. The predicted molar refractivity (Wildman–Crippen MR) is 78.3 cm³/mol. The van der Waals surface area contributed by atoms with Crippen LogP contribution in [0.1, 0.15) is 52.9 Å². The Bertz CT molecular complexity index is 412. The van der Waals surface area contributed by atoms with Crippen molar-refractivity contribution in [3.63, 3.8) is 0 Å². The van der Waals surface area contributed by atoms with Gasteiger partial charge in [-0.1, -0.05) is 0 Å². The smallest absolute Gasteiger partial charge is 0.108 e. The summed E-state index contributed by atoms with van der Waals surface area (Å²) in [5, 5.41) is 13.2. The van der Waals surface area contributed by atoms with Crippen LogP contribution in [0.2, 0.25) is 0 Å². The van der Waals surface area contributed by atoms with Crippen LogP contribution in [0.4, 0.5) is 0 Å². The van der Waals surface area contributed by atoms with E-state index in [0.29, 0.717) is 12.1 Å². The van der Waals surface area contributed by atoms with Gasteiger partial charge in [-0.15, -0.1) is 0 Å². The topological polar surface area (TPSA) is 48.3 Å². The zero-order valence-electron chi connectivity index (χ0n) is 13.0. The number of nitrogens with one attached hydrogen (secondary N) is 1. The van der Waals surface area contributed by atoms with Crippen LogP contribution in [0.5, 0.6) is 0 Å². The fraction of sp³-hybridized carbons (Fsp3) is 0.938. The van der Waals surface area contributed by atoms with Crippen molar-refractivity contribution in [1.82, 2.24) is 10.2 Å². The van der Waals surface area contributed by atoms with E-state index >= 15 is 0 Å². The lowest BCUT2D eigenvalue weighted by molar-refractivity contribution is -0.137. The molecule has 0 amide bonds. The Kier molecular flexibility index (Phi) is 3.56. The van der Waals surface area contributed by atoms with Crippen molar-refractivity contribution in [2.75, 3.05) is 13.1 Å². The summed E-state index contributed by atoms with van der Waals surface area (Å²) in [5.41, 5.74) is -0.336. The second-order valence-corrected chi connectivity index (χ2v) is 7.63. The summed E-state index contributed by atoms with van der Waals surface area (Å²) >= 11 is 0. The number of nitriles is 1. The van der Waals surface area contributed by atoms with Gasteiger partial charge in [-0.25, -0.2) is 0 Å². The molecule has 4 nitrogen and oxygen atoms in total. The molecule has 0 aromatic rings. The lowest BCUT2D eigenvalue weighted by Gasteiger charge is -2.44. The molecule has 1 N–H and O–H groups in total. The largest absolute Gasteiger partial charge is 0.370 e. The maximum atomic E-state index is 9.61. The molecule has 3 atom stereocenters. The zero-order valence-corrected chi connectivity index (χ0v) is 13.0. The third-order valence-corrected chi connectivity index (χ3v) is 4.87. The van der Waals surface area contributed by atoms with Crippen LogP contribution < -0.4 is 5.32 Å². The third-order valence-electron chi connectivity index (χ3n) is 4.87. The van der Waals surface area contributed by atoms with E-state index in [1.807, 2.05) is 0 Å². The molecule has 1 heterocycles. The minimum atomic E-state index is -0.266. The molecule has 3 fully saturated rings. The molecule has 3 aliphatic rings. The van der Waals surface area contributed by atoms with Crippen molar-refractivity contribution in [3.8, 4) is 6.07 Å². The molecule has 0 aromatic carbocycles. The van der Waals surface area contributed by atoms with Crippen molar-refractivity contribution >= 4 is 0 Å². The summed E-state index contributed by atoms with van der Waals surface area (Å²) < 4.78 is 5.99. The van der Waals surface area contributed by atoms with E-state index in [0.717, 1.165) is 32.4 Å². The molecular formula is C16H27N3O. The van der Waals surface area contributed by atoms with E-state index in [4.69, 9.17) is 4.74 Å². The number of morpholine rings is 1. The highest BCUT2D eigenvalue weighted by Crippen LogP contribution is 2.37. The Morgan fingerprint density at radius 1 is 1.30 bits per heavy atom. The molecule has 112 valence electrons. The van der Waals surface area contributed by atoms with Gasteiger partial charge in [0.2, 0.25) is 0 Å². The summed E-state index contributed by atoms with van der Waals surface area (Å²) in [6.07, 6.45) is 5.88. The number of nitrogens with zero attached hydrogens (tertiary/aromatic N) is 2. The first-order valence-corrected chi connectivity index (χ1v) is 8.02. The molecular weight excluding hydrogens is 250 g/mol. The van der Waals surface area contributed by atoms with E-state index in [9.17, 15) is 5.26 Å². The summed E-state index contributed by atoms with van der Waals surface area (Å²) in [6, 6.07) is 3.72. The number of ether oxygens (including phenoxy) is 1. The van der Waals surface area contributed by atoms with Gasteiger partial charge in [-0.3, -0.25) is 10.2 Å². The standard InChI is InChI=1S/C16H27N3O/c1-12-9-19(11-15(2,3)20-12)14-6-7-16(8-14,10-17)18-13-4-5-13/h12-14,18H,4-9,11H2,1-3H3.